The number of sulfonamides is 1. The molecule has 184 valence electrons. The average molecular weight is 524 g/mol. The van der Waals surface area contributed by atoms with Gasteiger partial charge in [-0.25, -0.2) is 12.7 Å². The number of hydrogen-bond donors (Lipinski definition) is 1. The molecule has 0 bridgehead atoms. The number of carbonyl (C=O) groups excluding carboxylic acids is 1. The molecular formula is C26H32Cl2N2O3S. The van der Waals surface area contributed by atoms with E-state index in [1.54, 1.807) is 18.2 Å². The monoisotopic (exact) mass is 522 g/mol. The van der Waals surface area contributed by atoms with E-state index >= 15 is 0 Å². The highest BCUT2D eigenvalue weighted by atomic mass is 35.5. The zero-order chi connectivity index (χ0) is 24.3. The number of fused-ring (bicyclic) bond motifs is 1. The lowest BCUT2D eigenvalue weighted by Crippen LogP contribution is -2.44. The Labute approximate surface area is 212 Å². The largest absolute Gasteiger partial charge is 0.349 e. The van der Waals surface area contributed by atoms with Crippen molar-refractivity contribution in [3.8, 4) is 0 Å². The van der Waals surface area contributed by atoms with E-state index in [2.05, 4.69) is 30.4 Å². The molecule has 2 aromatic rings. The van der Waals surface area contributed by atoms with Crippen molar-refractivity contribution >= 4 is 39.1 Å². The molecule has 5 nitrogen and oxygen atoms in total. The Morgan fingerprint density at radius 3 is 2.35 bits per heavy atom. The summed E-state index contributed by atoms with van der Waals surface area (Å²) in [5.41, 5.74) is 4.42. The van der Waals surface area contributed by atoms with Crippen molar-refractivity contribution in [2.24, 2.45) is 5.92 Å². The summed E-state index contributed by atoms with van der Waals surface area (Å²) in [5, 5.41) is 3.92. The van der Waals surface area contributed by atoms with Crippen LogP contribution in [0.5, 0.6) is 0 Å². The first-order valence-corrected chi connectivity index (χ1v) is 14.5. The predicted octanol–water partition coefficient (Wildman–Crippen LogP) is 5.68. The summed E-state index contributed by atoms with van der Waals surface area (Å²) < 4.78 is 27.4. The molecule has 0 saturated carbocycles. The highest BCUT2D eigenvalue weighted by Gasteiger charge is 2.32. The van der Waals surface area contributed by atoms with E-state index in [1.807, 2.05) is 0 Å². The highest BCUT2D eigenvalue weighted by Crippen LogP contribution is 2.30. The van der Waals surface area contributed by atoms with Crippen molar-refractivity contribution in [1.29, 1.82) is 0 Å². The fraction of sp³-hybridized carbons (Fsp3) is 0.500. The minimum Gasteiger partial charge on any atom is -0.349 e. The molecule has 1 aliphatic heterocycles. The van der Waals surface area contributed by atoms with E-state index in [1.165, 1.54) is 28.3 Å². The van der Waals surface area contributed by atoms with Gasteiger partial charge in [-0.3, -0.25) is 4.79 Å². The Morgan fingerprint density at radius 1 is 1.06 bits per heavy atom. The Bertz CT molecular complexity index is 1120. The van der Waals surface area contributed by atoms with Gasteiger partial charge in [0, 0.05) is 34.6 Å². The molecule has 1 heterocycles. The summed E-state index contributed by atoms with van der Waals surface area (Å²) in [6.07, 6.45) is 6.55. The minimum absolute atomic E-state index is 0.00997. The van der Waals surface area contributed by atoms with Crippen LogP contribution < -0.4 is 5.32 Å². The smallest absolute Gasteiger partial charge is 0.223 e. The fourth-order valence-electron chi connectivity index (χ4n) is 5.02. The third-order valence-corrected chi connectivity index (χ3v) is 9.62. The zero-order valence-electron chi connectivity index (χ0n) is 19.5. The highest BCUT2D eigenvalue weighted by molar-refractivity contribution is 7.88. The number of hydrogen-bond acceptors (Lipinski definition) is 3. The molecule has 2 aliphatic rings. The number of aryl methyl sites for hydroxylation is 2. The van der Waals surface area contributed by atoms with Crippen molar-refractivity contribution in [2.45, 2.75) is 63.7 Å². The average Bonchev–Trinajstić information content (AvgIpc) is 2.84. The molecule has 2 aromatic carbocycles. The van der Waals surface area contributed by atoms with Crippen LogP contribution in [0.15, 0.2) is 36.4 Å². The third kappa shape index (κ3) is 5.78. The van der Waals surface area contributed by atoms with Crippen molar-refractivity contribution in [2.75, 3.05) is 13.1 Å². The molecule has 1 amide bonds. The molecule has 34 heavy (non-hydrogen) atoms. The molecule has 1 aliphatic carbocycles. The van der Waals surface area contributed by atoms with Gasteiger partial charge in [-0.15, -0.1) is 0 Å². The summed E-state index contributed by atoms with van der Waals surface area (Å²) in [7, 11) is -3.58. The van der Waals surface area contributed by atoms with Crippen LogP contribution in [-0.4, -0.2) is 31.7 Å². The maximum atomic E-state index is 13.1. The maximum absolute atomic E-state index is 13.1. The molecule has 1 N–H and O–H groups in total. The Balaban J connectivity index is 1.35. The number of rotatable bonds is 7. The normalized spacial score (nSPS) is 18.3. The number of amides is 1. The second kappa shape index (κ2) is 11.0. The summed E-state index contributed by atoms with van der Waals surface area (Å²) >= 11 is 12.3. The van der Waals surface area contributed by atoms with Crippen LogP contribution in [0.2, 0.25) is 10.0 Å². The van der Waals surface area contributed by atoms with Crippen LogP contribution in [0.3, 0.4) is 0 Å². The van der Waals surface area contributed by atoms with E-state index < -0.39 is 10.0 Å². The van der Waals surface area contributed by atoms with Gasteiger partial charge in [0.1, 0.15) is 0 Å². The lowest BCUT2D eigenvalue weighted by Gasteiger charge is -2.32. The fourth-order valence-corrected chi connectivity index (χ4v) is 7.34. The predicted molar refractivity (Wildman–Crippen MR) is 138 cm³/mol. The van der Waals surface area contributed by atoms with Gasteiger partial charge in [-0.05, 0) is 73.8 Å². The van der Waals surface area contributed by atoms with Crippen LogP contribution >= 0.6 is 23.2 Å². The van der Waals surface area contributed by atoms with Crippen molar-refractivity contribution in [3.05, 3.63) is 68.7 Å². The Kier molecular flexibility index (Phi) is 8.24. The van der Waals surface area contributed by atoms with Crippen molar-refractivity contribution < 1.29 is 13.2 Å². The number of nitrogens with zero attached hydrogens (tertiary/aromatic N) is 1. The van der Waals surface area contributed by atoms with Gasteiger partial charge < -0.3 is 5.32 Å². The second-order valence-electron chi connectivity index (χ2n) is 9.33. The topological polar surface area (TPSA) is 66.5 Å². The first kappa shape index (κ1) is 25.5. The molecule has 1 fully saturated rings. The van der Waals surface area contributed by atoms with Gasteiger partial charge in [-0.2, -0.15) is 0 Å². The zero-order valence-corrected chi connectivity index (χ0v) is 21.9. The van der Waals surface area contributed by atoms with E-state index in [-0.39, 0.29) is 23.6 Å². The van der Waals surface area contributed by atoms with Crippen LogP contribution in [0.25, 0.3) is 0 Å². The quantitative estimate of drug-likeness (QED) is 0.508. The molecule has 1 atom stereocenters. The van der Waals surface area contributed by atoms with Gasteiger partial charge in [0.15, 0.2) is 0 Å². The van der Waals surface area contributed by atoms with Gasteiger partial charge >= 0.3 is 0 Å². The molecule has 0 unspecified atom stereocenters. The number of benzene rings is 2. The van der Waals surface area contributed by atoms with Crippen LogP contribution in [-0.2, 0) is 33.4 Å². The first-order valence-electron chi connectivity index (χ1n) is 12.1. The van der Waals surface area contributed by atoms with Crippen LogP contribution in [0.1, 0.15) is 67.3 Å². The van der Waals surface area contributed by atoms with Crippen LogP contribution in [0, 0.1) is 5.92 Å². The van der Waals surface area contributed by atoms with E-state index in [4.69, 9.17) is 23.2 Å². The SMILES string of the molecule is CC[C@@H](NC(=O)C1CCN(S(=O)(=O)Cc2c(Cl)cccc2Cl)CC1)c1ccc2c(c1)CCCC2. The molecular weight excluding hydrogens is 491 g/mol. The number of piperidine rings is 1. The Morgan fingerprint density at radius 2 is 1.71 bits per heavy atom. The summed E-state index contributed by atoms with van der Waals surface area (Å²) in [4.78, 5) is 13.1. The van der Waals surface area contributed by atoms with Gasteiger partial charge in [0.05, 0.1) is 11.8 Å². The van der Waals surface area contributed by atoms with Gasteiger partial charge in [0.2, 0.25) is 15.9 Å². The number of carbonyl (C=O) groups is 1. The number of halogens is 2. The molecule has 0 aromatic heterocycles. The minimum atomic E-state index is -3.58. The van der Waals surface area contributed by atoms with E-state index in [9.17, 15) is 13.2 Å². The van der Waals surface area contributed by atoms with Crippen LogP contribution in [0.4, 0.5) is 0 Å². The van der Waals surface area contributed by atoms with E-state index in [0.717, 1.165) is 24.8 Å². The summed E-state index contributed by atoms with van der Waals surface area (Å²) in [6.45, 7) is 2.72. The first-order chi connectivity index (χ1) is 16.3. The molecule has 4 rings (SSSR count). The number of nitrogens with one attached hydrogen (secondary N) is 1. The lowest BCUT2D eigenvalue weighted by molar-refractivity contribution is -0.126. The van der Waals surface area contributed by atoms with Crippen molar-refractivity contribution in [1.82, 2.24) is 9.62 Å². The lowest BCUT2D eigenvalue weighted by atomic mass is 9.88. The van der Waals surface area contributed by atoms with E-state index in [0.29, 0.717) is 41.5 Å². The van der Waals surface area contributed by atoms with Gasteiger partial charge in [-0.1, -0.05) is 54.4 Å². The Hall–Kier alpha value is -1.60. The second-order valence-corrected chi connectivity index (χ2v) is 12.1. The molecule has 8 heteroatoms. The third-order valence-electron chi connectivity index (χ3n) is 7.11. The summed E-state index contributed by atoms with van der Waals surface area (Å²) in [6, 6.07) is 11.6. The molecule has 0 spiro atoms. The van der Waals surface area contributed by atoms with Crippen molar-refractivity contribution in [3.63, 3.8) is 0 Å². The van der Waals surface area contributed by atoms with Gasteiger partial charge in [0.25, 0.3) is 0 Å². The maximum Gasteiger partial charge on any atom is 0.223 e. The summed E-state index contributed by atoms with van der Waals surface area (Å²) in [5.74, 6) is -0.420. The molecule has 0 radical (unpaired) electrons. The molecule has 1 saturated heterocycles. The standard InChI is InChI=1S/C26H32Cl2N2O3S/c1-2-25(21-11-10-18-6-3-4-7-20(18)16-21)29-26(31)19-12-14-30(15-13-19)34(32,33)17-22-23(27)8-5-9-24(22)28/h5,8-11,16,19,25H,2-4,6-7,12-15,17H2,1H3,(H,29,31)/t25-/m1/s1.